The Kier molecular flexibility index (Phi) is 5.70. The third-order valence-corrected chi connectivity index (χ3v) is 9.05. The van der Waals surface area contributed by atoms with Crippen LogP contribution in [-0.2, 0) is 9.59 Å². The molecule has 7 heteroatoms. The molecule has 2 atom stereocenters. The first kappa shape index (κ1) is 21.5. The molecule has 4 bridgehead atoms. The number of nitrogens with zero attached hydrogens (tertiary/aromatic N) is 2. The third-order valence-electron chi connectivity index (χ3n) is 8.21. The first-order valence-electron chi connectivity index (χ1n) is 11.6. The molecule has 1 N–H and O–H groups in total. The fourth-order valence-electron chi connectivity index (χ4n) is 7.08. The van der Waals surface area contributed by atoms with Gasteiger partial charge in [0, 0.05) is 23.5 Å². The van der Waals surface area contributed by atoms with E-state index >= 15 is 0 Å². The lowest BCUT2D eigenvalue weighted by Gasteiger charge is -2.59. The summed E-state index contributed by atoms with van der Waals surface area (Å²) in [6, 6.07) is 0.231. The first-order chi connectivity index (χ1) is 14.8. The van der Waals surface area contributed by atoms with Gasteiger partial charge in [0.15, 0.2) is 0 Å². The smallest absolute Gasteiger partial charge is 0.241 e. The van der Waals surface area contributed by atoms with E-state index in [-0.39, 0.29) is 17.9 Å². The van der Waals surface area contributed by atoms with Crippen LogP contribution >= 0.6 is 28.1 Å². The first-order valence-corrected chi connectivity index (χ1v) is 12.8. The van der Waals surface area contributed by atoms with Crippen LogP contribution < -0.4 is 5.32 Å². The van der Waals surface area contributed by atoms with Crippen LogP contribution in [0.4, 0.5) is 0 Å². The highest BCUT2D eigenvalue weighted by molar-refractivity contribution is 9.11. The summed E-state index contributed by atoms with van der Waals surface area (Å²) in [7, 11) is 0. The maximum absolute atomic E-state index is 12.9. The van der Waals surface area contributed by atoms with Gasteiger partial charge in [-0.2, -0.15) is 0 Å². The van der Waals surface area contributed by atoms with Crippen LogP contribution in [0.5, 0.6) is 0 Å². The molecule has 6 aliphatic rings. The molecule has 0 saturated heterocycles. The van der Waals surface area contributed by atoms with Crippen molar-refractivity contribution in [1.82, 2.24) is 10.2 Å². The number of amides is 2. The van der Waals surface area contributed by atoms with E-state index in [9.17, 15) is 9.59 Å². The van der Waals surface area contributed by atoms with Gasteiger partial charge in [-0.05, 0) is 99.4 Å². The molecule has 4 saturated carbocycles. The van der Waals surface area contributed by atoms with Crippen molar-refractivity contribution in [3.63, 3.8) is 0 Å². The van der Waals surface area contributed by atoms with Crippen molar-refractivity contribution < 1.29 is 9.59 Å². The van der Waals surface area contributed by atoms with Crippen LogP contribution in [0.1, 0.15) is 58.3 Å². The van der Waals surface area contributed by atoms with Gasteiger partial charge in [-0.15, -0.1) is 0 Å². The summed E-state index contributed by atoms with van der Waals surface area (Å²) >= 11 is 8.78. The number of rotatable bonds is 6. The summed E-state index contributed by atoms with van der Waals surface area (Å²) in [4.78, 5) is 31.6. The molecule has 31 heavy (non-hydrogen) atoms. The van der Waals surface area contributed by atoms with Gasteiger partial charge in [-0.25, -0.2) is 4.99 Å². The summed E-state index contributed by atoms with van der Waals surface area (Å²) in [5, 5.41) is 3.62. The number of hydrogen-bond donors (Lipinski definition) is 1. The highest BCUT2D eigenvalue weighted by Crippen LogP contribution is 2.61. The standard InChI is InChI=1S/C24H30BrN3O2S/c1-14(24-11-15-7-16(12-24)9-17(8-15)13-24)26-21(29)3-2-6-28-22(30)19-10-18(25)4-5-20(19)27-23(28)31/h4-5,10,14-17,19H,2-3,6-9,11-13H2,1H3,(H,26,29). The Bertz CT molecular complexity index is 873. The van der Waals surface area contributed by atoms with Crippen molar-refractivity contribution in [2.45, 2.75) is 64.3 Å². The lowest BCUT2D eigenvalue weighted by Crippen LogP contribution is -2.55. The van der Waals surface area contributed by atoms with Crippen molar-refractivity contribution >= 4 is 50.8 Å². The van der Waals surface area contributed by atoms with Gasteiger partial charge in [-0.1, -0.05) is 22.0 Å². The summed E-state index contributed by atoms with van der Waals surface area (Å²) in [6.45, 7) is 2.64. The number of carbonyl (C=O) groups is 2. The van der Waals surface area contributed by atoms with Gasteiger partial charge in [0.1, 0.15) is 5.92 Å². The molecular weight excluding hydrogens is 474 g/mol. The molecule has 5 nitrogen and oxygen atoms in total. The van der Waals surface area contributed by atoms with E-state index in [1.165, 1.54) is 38.5 Å². The minimum atomic E-state index is -0.393. The SMILES string of the molecule is CC(NC(=O)CCCN1C(=O)C2C=C(Br)C=CC2=NC1=S)C12CC3CC(CC(C3)C1)C2. The van der Waals surface area contributed by atoms with Gasteiger partial charge in [0.2, 0.25) is 16.9 Å². The van der Waals surface area contributed by atoms with Gasteiger partial charge < -0.3 is 5.32 Å². The molecule has 0 radical (unpaired) electrons. The fraction of sp³-hybridized carbons (Fsp3) is 0.667. The van der Waals surface area contributed by atoms with E-state index in [4.69, 9.17) is 12.2 Å². The number of nitrogens with one attached hydrogen (secondary N) is 1. The second kappa shape index (κ2) is 8.22. The molecule has 4 fully saturated rings. The normalized spacial score (nSPS) is 36.8. The van der Waals surface area contributed by atoms with Gasteiger partial charge in [0.25, 0.3) is 0 Å². The molecule has 166 valence electrons. The minimum Gasteiger partial charge on any atom is -0.353 e. The zero-order chi connectivity index (χ0) is 21.8. The lowest BCUT2D eigenvalue weighted by molar-refractivity contribution is -0.129. The number of carbonyl (C=O) groups excluding carboxylic acids is 2. The Morgan fingerprint density at radius 3 is 2.55 bits per heavy atom. The number of halogens is 1. The molecular formula is C24H30BrN3O2S. The Morgan fingerprint density at radius 1 is 1.26 bits per heavy atom. The number of aliphatic imine (C=N–C) groups is 1. The fourth-order valence-corrected chi connectivity index (χ4v) is 7.77. The molecule has 0 aromatic rings. The Hall–Kier alpha value is -1.34. The monoisotopic (exact) mass is 503 g/mol. The molecule has 1 aliphatic heterocycles. The Balaban J connectivity index is 1.14. The van der Waals surface area contributed by atoms with E-state index in [1.54, 1.807) is 4.90 Å². The number of allylic oxidation sites excluding steroid dienone is 3. The molecule has 0 aromatic heterocycles. The molecule has 1 heterocycles. The van der Waals surface area contributed by atoms with E-state index in [1.807, 2.05) is 18.2 Å². The summed E-state index contributed by atoms with van der Waals surface area (Å²) < 4.78 is 0.871. The summed E-state index contributed by atoms with van der Waals surface area (Å²) in [6.07, 6.45) is 14.7. The minimum absolute atomic E-state index is 0.0568. The number of thiocarbonyl (C=S) groups is 1. The maximum atomic E-state index is 12.9. The zero-order valence-electron chi connectivity index (χ0n) is 18.0. The number of fused-ring (bicyclic) bond motifs is 1. The van der Waals surface area contributed by atoms with Crippen LogP contribution in [0.25, 0.3) is 0 Å². The van der Waals surface area contributed by atoms with Gasteiger partial charge in [-0.3, -0.25) is 14.5 Å². The van der Waals surface area contributed by atoms with E-state index in [0.717, 1.165) is 22.2 Å². The largest absolute Gasteiger partial charge is 0.353 e. The topological polar surface area (TPSA) is 61.8 Å². The quantitative estimate of drug-likeness (QED) is 0.541. The predicted molar refractivity (Wildman–Crippen MR) is 129 cm³/mol. The van der Waals surface area contributed by atoms with E-state index < -0.39 is 5.92 Å². The molecule has 0 spiro atoms. The second-order valence-corrected chi connectivity index (χ2v) is 11.6. The zero-order valence-corrected chi connectivity index (χ0v) is 20.4. The average molecular weight is 504 g/mol. The highest BCUT2D eigenvalue weighted by Gasteiger charge is 2.53. The molecule has 5 aliphatic carbocycles. The van der Waals surface area contributed by atoms with E-state index in [2.05, 4.69) is 33.2 Å². The molecule has 0 aromatic carbocycles. The number of hydrogen-bond acceptors (Lipinski definition) is 3. The Morgan fingerprint density at radius 2 is 1.90 bits per heavy atom. The van der Waals surface area contributed by atoms with Crippen LogP contribution in [0, 0.1) is 29.1 Å². The highest BCUT2D eigenvalue weighted by atomic mass is 79.9. The Labute approximate surface area is 197 Å². The maximum Gasteiger partial charge on any atom is 0.241 e. The van der Waals surface area contributed by atoms with Crippen molar-refractivity contribution in [2.75, 3.05) is 6.54 Å². The van der Waals surface area contributed by atoms with Gasteiger partial charge in [0.05, 0.1) is 5.71 Å². The summed E-state index contributed by atoms with van der Waals surface area (Å²) in [5.41, 5.74) is 1.00. The van der Waals surface area contributed by atoms with Crippen LogP contribution in [0.2, 0.25) is 0 Å². The molecule has 2 unspecified atom stereocenters. The lowest BCUT2D eigenvalue weighted by atomic mass is 9.48. The van der Waals surface area contributed by atoms with Crippen LogP contribution in [0.3, 0.4) is 0 Å². The van der Waals surface area contributed by atoms with Gasteiger partial charge >= 0.3 is 0 Å². The second-order valence-electron chi connectivity index (χ2n) is 10.3. The van der Waals surface area contributed by atoms with E-state index in [0.29, 0.717) is 35.6 Å². The summed E-state index contributed by atoms with van der Waals surface area (Å²) in [5.74, 6) is 2.28. The molecule has 2 amide bonds. The van der Waals surface area contributed by atoms with Crippen molar-refractivity contribution in [3.05, 3.63) is 22.7 Å². The average Bonchev–Trinajstić information content (AvgIpc) is 2.70. The van der Waals surface area contributed by atoms with Crippen LogP contribution in [0.15, 0.2) is 27.7 Å². The third kappa shape index (κ3) is 4.08. The predicted octanol–water partition coefficient (Wildman–Crippen LogP) is 4.52. The molecule has 6 rings (SSSR count). The van der Waals surface area contributed by atoms with Crippen LogP contribution in [-0.4, -0.2) is 40.1 Å². The van der Waals surface area contributed by atoms with Crippen molar-refractivity contribution in [2.24, 2.45) is 34.1 Å². The van der Waals surface area contributed by atoms with Crippen molar-refractivity contribution in [1.29, 1.82) is 0 Å². The van der Waals surface area contributed by atoms with Crippen molar-refractivity contribution in [3.8, 4) is 0 Å².